The van der Waals surface area contributed by atoms with Crippen molar-refractivity contribution < 1.29 is 19.4 Å². The van der Waals surface area contributed by atoms with E-state index in [1.165, 1.54) is 0 Å². The normalized spacial score (nSPS) is 15.9. The molecule has 0 aliphatic carbocycles. The van der Waals surface area contributed by atoms with Gasteiger partial charge in [0.1, 0.15) is 5.65 Å². The van der Waals surface area contributed by atoms with Crippen LogP contribution < -0.4 is 0 Å². The number of fused-ring (bicyclic) bond motifs is 1. The number of benzene rings is 1. The van der Waals surface area contributed by atoms with Crippen LogP contribution in [0, 0.1) is 12.8 Å². The fourth-order valence-electron chi connectivity index (χ4n) is 4.63. The highest BCUT2D eigenvalue weighted by Crippen LogP contribution is 2.29. The molecule has 7 nitrogen and oxygen atoms in total. The lowest BCUT2D eigenvalue weighted by Gasteiger charge is -2.17. The van der Waals surface area contributed by atoms with Gasteiger partial charge in [-0.05, 0) is 61.9 Å². The summed E-state index contributed by atoms with van der Waals surface area (Å²) in [5, 5.41) is 10.9. The van der Waals surface area contributed by atoms with Gasteiger partial charge in [0.25, 0.3) is 5.91 Å². The van der Waals surface area contributed by atoms with Crippen LogP contribution in [0.25, 0.3) is 11.0 Å². The molecule has 180 valence electrons. The van der Waals surface area contributed by atoms with Gasteiger partial charge in [-0.25, -0.2) is 4.98 Å². The van der Waals surface area contributed by atoms with Gasteiger partial charge in [0.2, 0.25) is 0 Å². The van der Waals surface area contributed by atoms with E-state index in [9.17, 15) is 14.7 Å². The van der Waals surface area contributed by atoms with Crippen LogP contribution in [0.5, 0.6) is 0 Å². The first-order valence-corrected chi connectivity index (χ1v) is 12.0. The van der Waals surface area contributed by atoms with Crippen molar-refractivity contribution in [2.75, 3.05) is 26.3 Å². The molecule has 3 heterocycles. The average molecular weight is 484 g/mol. The van der Waals surface area contributed by atoms with Gasteiger partial charge in [-0.3, -0.25) is 9.59 Å². The Bertz CT molecular complexity index is 1210. The summed E-state index contributed by atoms with van der Waals surface area (Å²) in [4.78, 5) is 31.2. The number of amides is 1. The van der Waals surface area contributed by atoms with Gasteiger partial charge in [-0.1, -0.05) is 23.7 Å². The summed E-state index contributed by atoms with van der Waals surface area (Å²) in [6.07, 6.45) is 4.51. The molecule has 0 unspecified atom stereocenters. The summed E-state index contributed by atoms with van der Waals surface area (Å²) in [6, 6.07) is 9.76. The fourth-order valence-corrected chi connectivity index (χ4v) is 4.84. The summed E-state index contributed by atoms with van der Waals surface area (Å²) in [7, 11) is 1.93. The second-order valence-electron chi connectivity index (χ2n) is 8.94. The number of aliphatic carboxylic acids is 1. The van der Waals surface area contributed by atoms with Crippen molar-refractivity contribution in [3.05, 3.63) is 63.9 Å². The van der Waals surface area contributed by atoms with E-state index >= 15 is 0 Å². The Morgan fingerprint density at radius 1 is 1.24 bits per heavy atom. The third-order valence-corrected chi connectivity index (χ3v) is 6.68. The smallest absolute Gasteiger partial charge is 0.308 e. The first-order chi connectivity index (χ1) is 16.3. The molecular weight excluding hydrogens is 454 g/mol. The molecular formula is C26H30ClN3O4. The summed E-state index contributed by atoms with van der Waals surface area (Å²) < 4.78 is 7.83. The van der Waals surface area contributed by atoms with Gasteiger partial charge in [0.05, 0.1) is 18.1 Å². The number of aryl methyl sites for hydroxylation is 2. The second kappa shape index (κ2) is 10.6. The van der Waals surface area contributed by atoms with Gasteiger partial charge < -0.3 is 19.3 Å². The van der Waals surface area contributed by atoms with E-state index in [2.05, 4.69) is 4.98 Å². The van der Waals surface area contributed by atoms with E-state index in [-0.39, 0.29) is 12.5 Å². The molecule has 1 amide bonds. The Balaban J connectivity index is 1.45. The number of aromatic nitrogens is 2. The first kappa shape index (κ1) is 24.2. The molecule has 0 radical (unpaired) electrons. The summed E-state index contributed by atoms with van der Waals surface area (Å²) in [5.74, 6) is -1.46. The number of pyridine rings is 1. The van der Waals surface area contributed by atoms with Crippen LogP contribution in [-0.4, -0.2) is 57.7 Å². The molecule has 0 bridgehead atoms. The van der Waals surface area contributed by atoms with Crippen LogP contribution in [-0.2, 0) is 29.4 Å². The highest BCUT2D eigenvalue weighted by Gasteiger charge is 2.34. The number of carbonyl (C=O) groups excluding carboxylic acids is 1. The highest BCUT2D eigenvalue weighted by molar-refractivity contribution is 6.30. The maximum Gasteiger partial charge on any atom is 0.308 e. The predicted molar refractivity (Wildman–Crippen MR) is 131 cm³/mol. The van der Waals surface area contributed by atoms with Crippen molar-refractivity contribution in [2.45, 2.75) is 32.6 Å². The Hall–Kier alpha value is -2.90. The van der Waals surface area contributed by atoms with Crippen LogP contribution in [0.1, 0.15) is 40.0 Å². The molecule has 1 aliphatic heterocycles. The Morgan fingerprint density at radius 3 is 2.79 bits per heavy atom. The first-order valence-electron chi connectivity index (χ1n) is 11.6. The van der Waals surface area contributed by atoms with Gasteiger partial charge in [-0.2, -0.15) is 0 Å². The molecule has 1 atom stereocenters. The zero-order valence-electron chi connectivity index (χ0n) is 19.6. The van der Waals surface area contributed by atoms with Crippen molar-refractivity contribution >= 4 is 34.5 Å². The standard InChI is InChI=1S/C26H30ClN3O4/c1-17-13-21-23(25(31)30-10-8-19(16-30)26(32)33)22(29(2)24(21)28-15-17)7-4-11-34-12-9-18-5-3-6-20(27)14-18/h3,5-6,13-15,19H,4,7-12,16H2,1-2H3,(H,32,33)/t19-/m0/s1. The molecule has 8 heteroatoms. The minimum Gasteiger partial charge on any atom is -0.481 e. The number of carboxylic acid groups (broad SMARTS) is 1. The largest absolute Gasteiger partial charge is 0.481 e. The quantitative estimate of drug-likeness (QED) is 0.459. The molecule has 1 saturated heterocycles. The number of carbonyl (C=O) groups is 2. The van der Waals surface area contributed by atoms with Crippen molar-refractivity contribution in [3.8, 4) is 0 Å². The van der Waals surface area contributed by atoms with Crippen LogP contribution in [0.3, 0.4) is 0 Å². The van der Waals surface area contributed by atoms with E-state index in [1.54, 1.807) is 11.1 Å². The van der Waals surface area contributed by atoms with E-state index < -0.39 is 11.9 Å². The number of ether oxygens (including phenoxy) is 1. The number of rotatable bonds is 9. The topological polar surface area (TPSA) is 84.7 Å². The van der Waals surface area contributed by atoms with Gasteiger partial charge >= 0.3 is 5.97 Å². The van der Waals surface area contributed by atoms with Crippen molar-refractivity contribution in [1.82, 2.24) is 14.5 Å². The molecule has 0 spiro atoms. The van der Waals surface area contributed by atoms with Crippen LogP contribution in [0.2, 0.25) is 5.02 Å². The zero-order chi connectivity index (χ0) is 24.2. The lowest BCUT2D eigenvalue weighted by molar-refractivity contribution is -0.141. The number of likely N-dealkylation sites (tertiary alicyclic amines) is 1. The van der Waals surface area contributed by atoms with E-state index in [4.69, 9.17) is 16.3 Å². The second-order valence-corrected chi connectivity index (χ2v) is 9.37. The van der Waals surface area contributed by atoms with Gasteiger partial charge in [0, 0.05) is 49.0 Å². The minimum absolute atomic E-state index is 0.112. The maximum atomic E-state index is 13.5. The highest BCUT2D eigenvalue weighted by atomic mass is 35.5. The van der Waals surface area contributed by atoms with Crippen LogP contribution in [0.15, 0.2) is 36.5 Å². The van der Waals surface area contributed by atoms with E-state index in [0.29, 0.717) is 38.2 Å². The lowest BCUT2D eigenvalue weighted by Crippen LogP contribution is -2.30. The molecule has 2 aromatic heterocycles. The van der Waals surface area contributed by atoms with Gasteiger partial charge in [0.15, 0.2) is 0 Å². The predicted octanol–water partition coefficient (Wildman–Crippen LogP) is 4.27. The number of hydrogen-bond acceptors (Lipinski definition) is 4. The molecule has 1 N–H and O–H groups in total. The molecule has 1 fully saturated rings. The monoisotopic (exact) mass is 483 g/mol. The van der Waals surface area contributed by atoms with Crippen LogP contribution >= 0.6 is 11.6 Å². The lowest BCUT2D eigenvalue weighted by atomic mass is 10.1. The maximum absolute atomic E-state index is 13.5. The molecule has 4 rings (SSSR count). The fraction of sp³-hybridized carbons (Fsp3) is 0.423. The van der Waals surface area contributed by atoms with Crippen molar-refractivity contribution in [1.29, 1.82) is 0 Å². The third kappa shape index (κ3) is 5.26. The third-order valence-electron chi connectivity index (χ3n) is 6.45. The van der Waals surface area contributed by atoms with Crippen molar-refractivity contribution in [2.24, 2.45) is 13.0 Å². The van der Waals surface area contributed by atoms with E-state index in [0.717, 1.165) is 45.7 Å². The number of carboxylic acids is 1. The minimum atomic E-state index is -0.846. The number of hydrogen-bond donors (Lipinski definition) is 1. The van der Waals surface area contributed by atoms with Crippen molar-refractivity contribution in [3.63, 3.8) is 0 Å². The summed E-state index contributed by atoms with van der Waals surface area (Å²) >= 11 is 6.04. The molecule has 3 aromatic rings. The zero-order valence-corrected chi connectivity index (χ0v) is 20.3. The van der Waals surface area contributed by atoms with Crippen LogP contribution in [0.4, 0.5) is 0 Å². The Labute approximate surface area is 204 Å². The Kier molecular flexibility index (Phi) is 7.54. The molecule has 0 saturated carbocycles. The summed E-state index contributed by atoms with van der Waals surface area (Å²) in [6.45, 7) is 3.84. The summed E-state index contributed by atoms with van der Waals surface area (Å²) in [5.41, 5.74) is 4.43. The molecule has 34 heavy (non-hydrogen) atoms. The number of nitrogens with zero attached hydrogens (tertiary/aromatic N) is 3. The SMILES string of the molecule is Cc1cnc2c(c1)c(C(=O)N1CC[C@H](C(=O)O)C1)c(CCCOCCc1cccc(Cl)c1)n2C. The number of halogens is 1. The molecule has 1 aliphatic rings. The van der Waals surface area contributed by atoms with Gasteiger partial charge in [-0.15, -0.1) is 0 Å². The Morgan fingerprint density at radius 2 is 2.06 bits per heavy atom. The average Bonchev–Trinajstić information content (AvgIpc) is 3.40. The molecule has 1 aromatic carbocycles. The van der Waals surface area contributed by atoms with E-state index in [1.807, 2.05) is 48.9 Å².